The summed E-state index contributed by atoms with van der Waals surface area (Å²) in [5, 5.41) is 19.5. The Labute approximate surface area is 126 Å². The zero-order chi connectivity index (χ0) is 14.8. The second-order valence-electron chi connectivity index (χ2n) is 6.37. The molecule has 0 unspecified atom stereocenters. The van der Waals surface area contributed by atoms with Crippen molar-refractivity contribution in [3.63, 3.8) is 0 Å². The number of anilines is 1. The molecule has 3 rings (SSSR count). The monoisotopic (exact) mass is 285 g/mol. The minimum absolute atomic E-state index is 0.176. The number of pyridine rings is 1. The highest BCUT2D eigenvalue weighted by atomic mass is 16.3. The van der Waals surface area contributed by atoms with E-state index in [2.05, 4.69) is 16.0 Å². The number of aromatic nitrogens is 1. The number of hydrogen-bond donors (Lipinski definition) is 1. The SMILES string of the molecule is Cc1ccc(N2CCC[C@@H]2[C@H]2CCCC[C@@H]2O)nc1C#N. The third-order valence-corrected chi connectivity index (χ3v) is 5.06. The summed E-state index contributed by atoms with van der Waals surface area (Å²) in [4.78, 5) is 6.85. The zero-order valence-corrected chi connectivity index (χ0v) is 12.6. The van der Waals surface area contributed by atoms with Crippen molar-refractivity contribution in [1.29, 1.82) is 5.26 Å². The van der Waals surface area contributed by atoms with E-state index in [-0.39, 0.29) is 6.10 Å². The summed E-state index contributed by atoms with van der Waals surface area (Å²) in [5.74, 6) is 1.26. The average molecular weight is 285 g/mol. The summed E-state index contributed by atoms with van der Waals surface area (Å²) >= 11 is 0. The van der Waals surface area contributed by atoms with Crippen molar-refractivity contribution in [1.82, 2.24) is 4.98 Å². The predicted octanol–water partition coefficient (Wildman–Crippen LogP) is 2.78. The lowest BCUT2D eigenvalue weighted by Gasteiger charge is -2.37. The molecule has 0 amide bonds. The molecule has 0 bridgehead atoms. The maximum absolute atomic E-state index is 10.3. The van der Waals surface area contributed by atoms with Gasteiger partial charge in [0.05, 0.1) is 6.10 Å². The van der Waals surface area contributed by atoms with E-state index in [1.54, 1.807) is 0 Å². The Hall–Kier alpha value is -1.60. The third kappa shape index (κ3) is 2.75. The first-order chi connectivity index (χ1) is 10.2. The number of aryl methyl sites for hydroxylation is 1. The van der Waals surface area contributed by atoms with Crippen LogP contribution in [0.2, 0.25) is 0 Å². The summed E-state index contributed by atoms with van der Waals surface area (Å²) in [6.07, 6.45) is 6.50. The highest BCUT2D eigenvalue weighted by molar-refractivity contribution is 5.46. The standard InChI is InChI=1S/C17H23N3O/c1-12-8-9-17(19-14(12)11-18)20-10-4-6-15(20)13-5-2-3-7-16(13)21/h8-9,13,15-16,21H,2-7,10H2,1H3/t13-,15-,16+/m1/s1. The molecule has 1 aliphatic carbocycles. The fourth-order valence-electron chi connectivity index (χ4n) is 3.90. The van der Waals surface area contributed by atoms with E-state index in [1.807, 2.05) is 19.1 Å². The van der Waals surface area contributed by atoms with Gasteiger partial charge in [-0.2, -0.15) is 5.26 Å². The van der Waals surface area contributed by atoms with E-state index in [0.717, 1.165) is 50.0 Å². The molecule has 1 aliphatic heterocycles. The van der Waals surface area contributed by atoms with Crippen molar-refractivity contribution in [2.45, 2.75) is 57.6 Å². The molecule has 21 heavy (non-hydrogen) atoms. The lowest BCUT2D eigenvalue weighted by Crippen LogP contribution is -2.43. The molecule has 1 saturated carbocycles. The van der Waals surface area contributed by atoms with Crippen LogP contribution in [0.5, 0.6) is 0 Å². The molecule has 2 heterocycles. The predicted molar refractivity (Wildman–Crippen MR) is 82.0 cm³/mol. The lowest BCUT2D eigenvalue weighted by molar-refractivity contribution is 0.0565. The summed E-state index contributed by atoms with van der Waals surface area (Å²) in [7, 11) is 0. The Balaban J connectivity index is 1.85. The van der Waals surface area contributed by atoms with Gasteiger partial charge < -0.3 is 10.0 Å². The largest absolute Gasteiger partial charge is 0.393 e. The van der Waals surface area contributed by atoms with E-state index in [1.165, 1.54) is 6.42 Å². The van der Waals surface area contributed by atoms with E-state index >= 15 is 0 Å². The lowest BCUT2D eigenvalue weighted by atomic mass is 9.80. The van der Waals surface area contributed by atoms with Crippen molar-refractivity contribution < 1.29 is 5.11 Å². The van der Waals surface area contributed by atoms with Gasteiger partial charge in [-0.25, -0.2) is 4.98 Å². The van der Waals surface area contributed by atoms with Gasteiger partial charge in [-0.05, 0) is 44.2 Å². The highest BCUT2D eigenvalue weighted by Crippen LogP contribution is 2.36. The van der Waals surface area contributed by atoms with Crippen molar-refractivity contribution in [3.8, 4) is 6.07 Å². The molecule has 4 nitrogen and oxygen atoms in total. The second-order valence-corrected chi connectivity index (χ2v) is 6.37. The van der Waals surface area contributed by atoms with Gasteiger partial charge in [0.1, 0.15) is 17.6 Å². The van der Waals surface area contributed by atoms with Gasteiger partial charge in [-0.15, -0.1) is 0 Å². The molecule has 1 N–H and O–H groups in total. The second kappa shape index (κ2) is 6.03. The first-order valence-electron chi connectivity index (χ1n) is 8.03. The molecule has 0 radical (unpaired) electrons. The molecule has 1 aromatic heterocycles. The minimum Gasteiger partial charge on any atom is -0.393 e. The number of aliphatic hydroxyl groups is 1. The molecule has 3 atom stereocenters. The van der Waals surface area contributed by atoms with Crippen molar-refractivity contribution in [2.24, 2.45) is 5.92 Å². The zero-order valence-electron chi connectivity index (χ0n) is 12.6. The van der Waals surface area contributed by atoms with Crippen LogP contribution in [-0.2, 0) is 0 Å². The number of hydrogen-bond acceptors (Lipinski definition) is 4. The summed E-state index contributed by atoms with van der Waals surface area (Å²) in [5.41, 5.74) is 1.44. The molecule has 4 heteroatoms. The Morgan fingerprint density at radius 1 is 1.24 bits per heavy atom. The Bertz CT molecular complexity index is 551. The normalized spacial score (nSPS) is 29.4. The summed E-state index contributed by atoms with van der Waals surface area (Å²) in [6.45, 7) is 2.90. The quantitative estimate of drug-likeness (QED) is 0.907. The summed E-state index contributed by atoms with van der Waals surface area (Å²) < 4.78 is 0. The van der Waals surface area contributed by atoms with Gasteiger partial charge in [0, 0.05) is 18.5 Å². The summed E-state index contributed by atoms with van der Waals surface area (Å²) in [6, 6.07) is 6.55. The van der Waals surface area contributed by atoms with Crippen LogP contribution >= 0.6 is 0 Å². The molecular formula is C17H23N3O. The number of nitrogens with zero attached hydrogens (tertiary/aromatic N) is 3. The fourth-order valence-corrected chi connectivity index (χ4v) is 3.90. The fraction of sp³-hybridized carbons (Fsp3) is 0.647. The third-order valence-electron chi connectivity index (χ3n) is 5.06. The van der Waals surface area contributed by atoms with E-state index in [0.29, 0.717) is 17.7 Å². The smallest absolute Gasteiger partial charge is 0.145 e. The van der Waals surface area contributed by atoms with Gasteiger partial charge in [-0.3, -0.25) is 0 Å². The molecule has 112 valence electrons. The number of nitriles is 1. The van der Waals surface area contributed by atoms with Crippen LogP contribution in [0.15, 0.2) is 12.1 Å². The topological polar surface area (TPSA) is 60.1 Å². The van der Waals surface area contributed by atoms with Gasteiger partial charge in [-0.1, -0.05) is 18.9 Å². The van der Waals surface area contributed by atoms with Gasteiger partial charge in [0.15, 0.2) is 0 Å². The maximum atomic E-state index is 10.3. The molecule has 0 spiro atoms. The first kappa shape index (κ1) is 14.3. The van der Waals surface area contributed by atoms with E-state index in [4.69, 9.17) is 0 Å². The minimum atomic E-state index is -0.176. The van der Waals surface area contributed by atoms with Crippen LogP contribution in [0.4, 0.5) is 5.82 Å². The Kier molecular flexibility index (Phi) is 4.12. The maximum Gasteiger partial charge on any atom is 0.145 e. The molecule has 2 fully saturated rings. The number of rotatable bonds is 2. The molecule has 2 aliphatic rings. The van der Waals surface area contributed by atoms with E-state index in [9.17, 15) is 10.4 Å². The van der Waals surface area contributed by atoms with Crippen molar-refractivity contribution in [3.05, 3.63) is 23.4 Å². The van der Waals surface area contributed by atoms with Crippen molar-refractivity contribution in [2.75, 3.05) is 11.4 Å². The van der Waals surface area contributed by atoms with Crippen LogP contribution < -0.4 is 4.90 Å². The molecule has 0 aromatic carbocycles. The highest BCUT2D eigenvalue weighted by Gasteiger charge is 2.37. The first-order valence-corrected chi connectivity index (χ1v) is 8.03. The molecule has 1 aromatic rings. The molecule has 1 saturated heterocycles. The van der Waals surface area contributed by atoms with Crippen LogP contribution in [0.3, 0.4) is 0 Å². The molecular weight excluding hydrogens is 262 g/mol. The van der Waals surface area contributed by atoms with E-state index < -0.39 is 0 Å². The van der Waals surface area contributed by atoms with Crippen LogP contribution in [0.1, 0.15) is 49.8 Å². The van der Waals surface area contributed by atoms with Crippen LogP contribution in [0, 0.1) is 24.2 Å². The van der Waals surface area contributed by atoms with Crippen molar-refractivity contribution >= 4 is 5.82 Å². The van der Waals surface area contributed by atoms with Crippen LogP contribution in [0.25, 0.3) is 0 Å². The Morgan fingerprint density at radius 3 is 2.81 bits per heavy atom. The van der Waals surface area contributed by atoms with Gasteiger partial charge in [0.2, 0.25) is 0 Å². The van der Waals surface area contributed by atoms with Gasteiger partial charge in [0.25, 0.3) is 0 Å². The van der Waals surface area contributed by atoms with Crippen LogP contribution in [-0.4, -0.2) is 28.8 Å². The Morgan fingerprint density at radius 2 is 2.05 bits per heavy atom. The van der Waals surface area contributed by atoms with Gasteiger partial charge >= 0.3 is 0 Å². The average Bonchev–Trinajstić information content (AvgIpc) is 2.97. The number of aliphatic hydroxyl groups excluding tert-OH is 1.